The first-order valence-corrected chi connectivity index (χ1v) is 12.3. The van der Waals surface area contributed by atoms with Gasteiger partial charge in [-0.2, -0.15) is 0 Å². The fourth-order valence-corrected chi connectivity index (χ4v) is 8.21. The van der Waals surface area contributed by atoms with E-state index in [0.717, 1.165) is 32.6 Å². The molecule has 4 rings (SSSR count). The van der Waals surface area contributed by atoms with E-state index in [4.69, 9.17) is 0 Å². The molecule has 0 amide bonds. The second kappa shape index (κ2) is 5.66. The highest BCUT2D eigenvalue weighted by Gasteiger charge is 2.59. The largest absolute Gasteiger partial charge is 0.300 e. The van der Waals surface area contributed by atoms with Crippen molar-refractivity contribution in [2.45, 2.75) is 50.9 Å². The van der Waals surface area contributed by atoms with Gasteiger partial charge in [0.1, 0.15) is 0 Å². The van der Waals surface area contributed by atoms with E-state index in [1.807, 2.05) is 0 Å². The van der Waals surface area contributed by atoms with Crippen LogP contribution in [-0.4, -0.2) is 86.9 Å². The maximum absolute atomic E-state index is 11.4. The lowest BCUT2D eigenvalue weighted by Gasteiger charge is -2.56. The second-order valence-electron chi connectivity index (χ2n) is 8.78. The molecule has 0 aromatic carbocycles. The maximum Gasteiger partial charge on any atom is 0.158 e. The molecule has 4 saturated heterocycles. The fourth-order valence-electron chi connectivity index (χ4n) is 4.23. The zero-order chi connectivity index (χ0) is 18.0. The Labute approximate surface area is 146 Å². The van der Waals surface area contributed by atoms with E-state index in [1.54, 1.807) is 0 Å². The van der Waals surface area contributed by atoms with E-state index in [2.05, 4.69) is 37.5 Å². The molecule has 4 aliphatic heterocycles. The zero-order valence-corrected chi connectivity index (χ0v) is 16.8. The Bertz CT molecular complexity index is 686. The summed E-state index contributed by atoms with van der Waals surface area (Å²) in [6, 6.07) is 1.06. The van der Waals surface area contributed by atoms with Crippen LogP contribution < -0.4 is 0 Å². The lowest BCUT2D eigenvalue weighted by atomic mass is 9.82. The summed E-state index contributed by atoms with van der Waals surface area (Å²) in [6.07, 6.45) is 0.887. The van der Waals surface area contributed by atoms with Crippen molar-refractivity contribution in [3.05, 3.63) is 0 Å². The van der Waals surface area contributed by atoms with Crippen LogP contribution in [0.2, 0.25) is 0 Å². The van der Waals surface area contributed by atoms with Crippen LogP contribution in [0.15, 0.2) is 0 Å². The SMILES string of the molecule is CC(C)N1CC2(C1)CS(=O)(=O)C2.CC(C)N1CC2(CCS2(=O)=O)C1. The van der Waals surface area contributed by atoms with Crippen molar-refractivity contribution in [3.63, 3.8) is 0 Å². The van der Waals surface area contributed by atoms with Crippen LogP contribution in [0.25, 0.3) is 0 Å². The molecule has 2 spiro atoms. The Balaban J connectivity index is 0.000000141. The first kappa shape index (κ1) is 18.6. The average molecular weight is 379 g/mol. The molecule has 6 nitrogen and oxygen atoms in total. The molecule has 0 radical (unpaired) electrons. The molecule has 0 atom stereocenters. The van der Waals surface area contributed by atoms with Crippen molar-refractivity contribution < 1.29 is 16.8 Å². The molecule has 0 N–H and O–H groups in total. The highest BCUT2D eigenvalue weighted by atomic mass is 32.2. The maximum atomic E-state index is 11.4. The standard InChI is InChI=1S/2C8H15NO2S/c1-7(2)9-3-8(4-9)5-12(10,11)6-8;1-7(2)9-5-8(6-9)3-4-12(8,10)11/h2*7H,3-6H2,1-2H3. The Morgan fingerprint density at radius 1 is 0.792 bits per heavy atom. The van der Waals surface area contributed by atoms with Crippen molar-refractivity contribution in [1.82, 2.24) is 9.80 Å². The van der Waals surface area contributed by atoms with Crippen LogP contribution in [-0.2, 0) is 19.7 Å². The van der Waals surface area contributed by atoms with Crippen LogP contribution >= 0.6 is 0 Å². The Morgan fingerprint density at radius 3 is 1.54 bits per heavy atom. The van der Waals surface area contributed by atoms with Gasteiger partial charge in [-0.15, -0.1) is 0 Å². The molecule has 4 aliphatic rings. The topological polar surface area (TPSA) is 74.8 Å². The van der Waals surface area contributed by atoms with Gasteiger partial charge in [0, 0.05) is 43.7 Å². The monoisotopic (exact) mass is 378 g/mol. The number of sulfone groups is 2. The summed E-state index contributed by atoms with van der Waals surface area (Å²) in [5.41, 5.74) is 0.170. The first-order chi connectivity index (χ1) is 10.9. The second-order valence-corrected chi connectivity index (χ2v) is 13.3. The third-order valence-corrected chi connectivity index (χ3v) is 10.7. The summed E-state index contributed by atoms with van der Waals surface area (Å²) in [5.74, 6) is 1.28. The van der Waals surface area contributed by atoms with Gasteiger partial charge >= 0.3 is 0 Å². The van der Waals surface area contributed by atoms with Gasteiger partial charge < -0.3 is 0 Å². The van der Waals surface area contributed by atoms with E-state index in [0.29, 0.717) is 29.3 Å². The molecule has 140 valence electrons. The van der Waals surface area contributed by atoms with E-state index >= 15 is 0 Å². The average Bonchev–Trinajstić information content (AvgIpc) is 2.29. The van der Waals surface area contributed by atoms with Crippen LogP contribution in [0, 0.1) is 5.41 Å². The van der Waals surface area contributed by atoms with E-state index < -0.39 is 19.7 Å². The lowest BCUT2D eigenvalue weighted by Crippen LogP contribution is -2.72. The quantitative estimate of drug-likeness (QED) is 0.692. The molecule has 4 fully saturated rings. The van der Waals surface area contributed by atoms with E-state index in [1.165, 1.54) is 0 Å². The molecular formula is C16H30N2O4S2. The zero-order valence-electron chi connectivity index (χ0n) is 15.2. The highest BCUT2D eigenvalue weighted by Crippen LogP contribution is 2.43. The van der Waals surface area contributed by atoms with Crippen molar-refractivity contribution >= 4 is 19.7 Å². The van der Waals surface area contributed by atoms with Gasteiger partial charge in [-0.1, -0.05) is 0 Å². The molecule has 8 heteroatoms. The molecule has 24 heavy (non-hydrogen) atoms. The number of hydrogen-bond acceptors (Lipinski definition) is 6. The normalized spacial score (nSPS) is 31.6. The van der Waals surface area contributed by atoms with Crippen molar-refractivity contribution in [1.29, 1.82) is 0 Å². The number of nitrogens with zero attached hydrogens (tertiary/aromatic N) is 2. The van der Waals surface area contributed by atoms with Crippen molar-refractivity contribution in [2.75, 3.05) is 43.4 Å². The molecule has 0 aromatic heterocycles. The molecule has 0 saturated carbocycles. The third-order valence-electron chi connectivity index (χ3n) is 6.06. The number of hydrogen-bond donors (Lipinski definition) is 0. The Morgan fingerprint density at radius 2 is 1.25 bits per heavy atom. The van der Waals surface area contributed by atoms with E-state index in [9.17, 15) is 16.8 Å². The van der Waals surface area contributed by atoms with Gasteiger partial charge in [0.25, 0.3) is 0 Å². The summed E-state index contributed by atoms with van der Waals surface area (Å²) < 4.78 is 44.3. The molecular weight excluding hydrogens is 348 g/mol. The van der Waals surface area contributed by atoms with Gasteiger partial charge in [0.05, 0.1) is 22.0 Å². The minimum absolute atomic E-state index is 0.170. The van der Waals surface area contributed by atoms with Gasteiger partial charge in [0.2, 0.25) is 0 Å². The van der Waals surface area contributed by atoms with Gasteiger partial charge in [-0.05, 0) is 34.1 Å². The molecule has 0 aromatic rings. The fraction of sp³-hybridized carbons (Fsp3) is 1.00. The van der Waals surface area contributed by atoms with Gasteiger partial charge in [-0.25, -0.2) is 16.8 Å². The number of likely N-dealkylation sites (tertiary alicyclic amines) is 2. The summed E-state index contributed by atoms with van der Waals surface area (Å²) in [6.45, 7) is 12.0. The minimum Gasteiger partial charge on any atom is -0.300 e. The van der Waals surface area contributed by atoms with E-state index in [-0.39, 0.29) is 10.2 Å². The van der Waals surface area contributed by atoms with Crippen LogP contribution in [0.4, 0.5) is 0 Å². The summed E-state index contributed by atoms with van der Waals surface area (Å²) >= 11 is 0. The van der Waals surface area contributed by atoms with Crippen LogP contribution in [0.3, 0.4) is 0 Å². The number of rotatable bonds is 2. The lowest BCUT2D eigenvalue weighted by molar-refractivity contribution is 0.000225. The third kappa shape index (κ3) is 3.04. The highest BCUT2D eigenvalue weighted by molar-refractivity contribution is 7.94. The van der Waals surface area contributed by atoms with Crippen LogP contribution in [0.5, 0.6) is 0 Å². The predicted octanol–water partition coefficient (Wildman–Crippen LogP) is 0.393. The van der Waals surface area contributed by atoms with Crippen molar-refractivity contribution in [3.8, 4) is 0 Å². The molecule has 0 aliphatic carbocycles. The minimum atomic E-state index is -2.69. The van der Waals surface area contributed by atoms with Gasteiger partial charge in [-0.3, -0.25) is 9.80 Å². The summed E-state index contributed by atoms with van der Waals surface area (Å²) in [7, 11) is -5.32. The smallest absolute Gasteiger partial charge is 0.158 e. The Kier molecular flexibility index (Phi) is 4.39. The molecule has 4 heterocycles. The van der Waals surface area contributed by atoms with Gasteiger partial charge in [0.15, 0.2) is 19.7 Å². The summed E-state index contributed by atoms with van der Waals surface area (Å²) in [5, 5.41) is 0. The molecule has 0 bridgehead atoms. The summed E-state index contributed by atoms with van der Waals surface area (Å²) in [4.78, 5) is 4.55. The molecule has 0 unspecified atom stereocenters. The van der Waals surface area contributed by atoms with Crippen molar-refractivity contribution in [2.24, 2.45) is 5.41 Å². The Hall–Kier alpha value is -0.180. The first-order valence-electron chi connectivity index (χ1n) is 8.80. The predicted molar refractivity (Wildman–Crippen MR) is 95.6 cm³/mol. The van der Waals surface area contributed by atoms with Crippen LogP contribution in [0.1, 0.15) is 34.1 Å².